The normalized spacial score (nSPS) is 15.2. The van der Waals surface area contributed by atoms with Crippen molar-refractivity contribution in [2.45, 2.75) is 12.7 Å². The van der Waals surface area contributed by atoms with E-state index in [-0.39, 0.29) is 23.1 Å². The number of aromatic nitrogens is 2. The molecular formula is C23H18ClF3N4O3. The second-order valence-electron chi connectivity index (χ2n) is 7.95. The summed E-state index contributed by atoms with van der Waals surface area (Å²) in [4.78, 5) is 20.8. The molecule has 0 radical (unpaired) electrons. The number of piperazine rings is 1. The van der Waals surface area contributed by atoms with Crippen LogP contribution in [-0.4, -0.2) is 52.0 Å². The number of nitrogens with zero attached hydrogens (tertiary/aromatic N) is 4. The van der Waals surface area contributed by atoms with Crippen molar-refractivity contribution in [3.8, 4) is 11.4 Å². The van der Waals surface area contributed by atoms with Crippen molar-refractivity contribution in [1.29, 1.82) is 0 Å². The van der Waals surface area contributed by atoms with Crippen molar-refractivity contribution in [3.63, 3.8) is 0 Å². The number of carbonyl (C=O) groups excluding carboxylic acids is 1. The van der Waals surface area contributed by atoms with E-state index in [1.54, 1.807) is 29.2 Å². The van der Waals surface area contributed by atoms with Gasteiger partial charge < -0.3 is 13.8 Å². The topological polar surface area (TPSA) is 75.6 Å². The summed E-state index contributed by atoms with van der Waals surface area (Å²) in [6.45, 7) is 2.42. The van der Waals surface area contributed by atoms with Crippen molar-refractivity contribution >= 4 is 28.5 Å². The number of rotatable bonds is 4. The second-order valence-corrected chi connectivity index (χ2v) is 8.39. The molecule has 7 nitrogen and oxygen atoms in total. The number of furan rings is 1. The van der Waals surface area contributed by atoms with Crippen LogP contribution in [0.2, 0.25) is 5.02 Å². The molecule has 0 bridgehead atoms. The molecule has 1 saturated heterocycles. The fraction of sp³-hybridized carbons (Fsp3) is 0.261. The molecule has 5 rings (SSSR count). The molecule has 2 aromatic heterocycles. The first-order valence-electron chi connectivity index (χ1n) is 10.5. The maximum Gasteiger partial charge on any atom is 0.416 e. The molecule has 2 aromatic carbocycles. The first-order valence-corrected chi connectivity index (χ1v) is 10.8. The average molecular weight is 491 g/mol. The van der Waals surface area contributed by atoms with Gasteiger partial charge in [-0.3, -0.25) is 9.69 Å². The number of alkyl halides is 3. The molecule has 0 atom stereocenters. The Kier molecular flexibility index (Phi) is 5.78. The molecule has 4 aromatic rings. The van der Waals surface area contributed by atoms with Crippen LogP contribution in [0, 0.1) is 0 Å². The summed E-state index contributed by atoms with van der Waals surface area (Å²) >= 11 is 6.00. The quantitative estimate of drug-likeness (QED) is 0.395. The maximum absolute atomic E-state index is 13.0. The molecule has 0 aliphatic carbocycles. The summed E-state index contributed by atoms with van der Waals surface area (Å²) in [7, 11) is 0. The Morgan fingerprint density at radius 2 is 1.85 bits per heavy atom. The van der Waals surface area contributed by atoms with Gasteiger partial charge in [-0.1, -0.05) is 28.9 Å². The molecular weight excluding hydrogens is 473 g/mol. The van der Waals surface area contributed by atoms with Crippen molar-refractivity contribution in [2.75, 3.05) is 26.2 Å². The molecule has 0 unspecified atom stereocenters. The van der Waals surface area contributed by atoms with Crippen LogP contribution < -0.4 is 0 Å². The molecule has 1 amide bonds. The zero-order valence-electron chi connectivity index (χ0n) is 17.7. The third kappa shape index (κ3) is 4.64. The largest absolute Gasteiger partial charge is 0.451 e. The van der Waals surface area contributed by atoms with E-state index in [1.807, 2.05) is 4.90 Å². The Morgan fingerprint density at radius 3 is 2.62 bits per heavy atom. The van der Waals surface area contributed by atoms with Gasteiger partial charge >= 0.3 is 6.18 Å². The molecule has 0 N–H and O–H groups in total. The Hall–Kier alpha value is -3.37. The SMILES string of the molecule is O=C(c1cc2cc(Cl)ccc2o1)N1CCN(Cc2nc(-c3cccc(C(F)(F)F)c3)no2)CC1. The minimum absolute atomic E-state index is 0.0971. The van der Waals surface area contributed by atoms with Gasteiger partial charge in [0.1, 0.15) is 5.58 Å². The standard InChI is InChI=1S/C23H18ClF3N4O3/c24-17-4-5-18-15(11-17)12-19(33-18)22(32)31-8-6-30(7-9-31)13-20-28-21(29-34-20)14-2-1-3-16(10-14)23(25,26)27/h1-5,10-12H,6-9,13H2. The Morgan fingerprint density at radius 1 is 1.06 bits per heavy atom. The summed E-state index contributed by atoms with van der Waals surface area (Å²) in [5, 5.41) is 5.15. The number of benzene rings is 2. The molecule has 3 heterocycles. The van der Waals surface area contributed by atoms with Crippen LogP contribution in [0.3, 0.4) is 0 Å². The Bertz CT molecular complexity index is 1340. The van der Waals surface area contributed by atoms with Gasteiger partial charge in [-0.25, -0.2) is 0 Å². The highest BCUT2D eigenvalue weighted by molar-refractivity contribution is 6.31. The van der Waals surface area contributed by atoms with Gasteiger partial charge in [-0.05, 0) is 36.4 Å². The summed E-state index contributed by atoms with van der Waals surface area (Å²) in [5.41, 5.74) is 0.0522. The predicted octanol–water partition coefficient (Wildman–Crippen LogP) is 5.11. The summed E-state index contributed by atoms with van der Waals surface area (Å²) in [5.74, 6) is 0.450. The van der Waals surface area contributed by atoms with E-state index < -0.39 is 11.7 Å². The third-order valence-electron chi connectivity index (χ3n) is 5.62. The lowest BCUT2D eigenvalue weighted by Crippen LogP contribution is -2.48. The van der Waals surface area contributed by atoms with E-state index in [4.69, 9.17) is 20.5 Å². The van der Waals surface area contributed by atoms with Gasteiger partial charge in [-0.15, -0.1) is 0 Å². The fourth-order valence-corrected chi connectivity index (χ4v) is 4.03. The van der Waals surface area contributed by atoms with Gasteiger partial charge in [0, 0.05) is 42.2 Å². The average Bonchev–Trinajstić information content (AvgIpc) is 3.45. The van der Waals surface area contributed by atoms with E-state index in [2.05, 4.69) is 10.1 Å². The number of amides is 1. The zero-order chi connectivity index (χ0) is 23.9. The Labute approximate surface area is 196 Å². The van der Waals surface area contributed by atoms with E-state index in [0.717, 1.165) is 17.5 Å². The van der Waals surface area contributed by atoms with Crippen LogP contribution in [-0.2, 0) is 12.7 Å². The zero-order valence-corrected chi connectivity index (χ0v) is 18.4. The van der Waals surface area contributed by atoms with Crippen molar-refractivity contribution < 1.29 is 26.9 Å². The lowest BCUT2D eigenvalue weighted by atomic mass is 10.1. The van der Waals surface area contributed by atoms with Gasteiger partial charge in [0.2, 0.25) is 11.7 Å². The number of carbonyl (C=O) groups is 1. The number of halogens is 4. The maximum atomic E-state index is 13.0. The summed E-state index contributed by atoms with van der Waals surface area (Å²) < 4.78 is 49.8. The van der Waals surface area contributed by atoms with Gasteiger partial charge in [0.05, 0.1) is 12.1 Å². The molecule has 1 fully saturated rings. The highest BCUT2D eigenvalue weighted by Gasteiger charge is 2.31. The molecule has 34 heavy (non-hydrogen) atoms. The third-order valence-corrected chi connectivity index (χ3v) is 5.86. The second kappa shape index (κ2) is 8.77. The highest BCUT2D eigenvalue weighted by Crippen LogP contribution is 2.31. The van der Waals surface area contributed by atoms with Crippen molar-refractivity contribution in [3.05, 3.63) is 70.8 Å². The van der Waals surface area contributed by atoms with E-state index >= 15 is 0 Å². The van der Waals surface area contributed by atoms with E-state index in [9.17, 15) is 18.0 Å². The minimum Gasteiger partial charge on any atom is -0.451 e. The highest BCUT2D eigenvalue weighted by atomic mass is 35.5. The molecule has 1 aliphatic rings. The van der Waals surface area contributed by atoms with Crippen molar-refractivity contribution in [2.24, 2.45) is 0 Å². The first-order chi connectivity index (χ1) is 16.3. The number of fused-ring (bicyclic) bond motifs is 1. The van der Waals surface area contributed by atoms with Gasteiger partial charge in [0.25, 0.3) is 5.91 Å². The molecule has 0 spiro atoms. The molecule has 176 valence electrons. The van der Waals surface area contributed by atoms with Crippen LogP contribution in [0.15, 0.2) is 57.5 Å². The van der Waals surface area contributed by atoms with Crippen LogP contribution in [0.25, 0.3) is 22.4 Å². The smallest absolute Gasteiger partial charge is 0.416 e. The summed E-state index contributed by atoms with van der Waals surface area (Å²) in [6.07, 6.45) is -4.45. The number of hydrogen-bond donors (Lipinski definition) is 0. The van der Waals surface area contributed by atoms with E-state index in [0.29, 0.717) is 49.2 Å². The molecule has 0 saturated carbocycles. The monoisotopic (exact) mass is 490 g/mol. The van der Waals surface area contributed by atoms with Gasteiger partial charge in [0.15, 0.2) is 5.76 Å². The number of hydrogen-bond acceptors (Lipinski definition) is 6. The van der Waals surface area contributed by atoms with Crippen molar-refractivity contribution in [1.82, 2.24) is 19.9 Å². The minimum atomic E-state index is -4.45. The van der Waals surface area contributed by atoms with Crippen LogP contribution in [0.5, 0.6) is 0 Å². The Balaban J connectivity index is 1.20. The van der Waals surface area contributed by atoms with Crippen LogP contribution in [0.4, 0.5) is 13.2 Å². The van der Waals surface area contributed by atoms with Gasteiger partial charge in [-0.2, -0.15) is 18.2 Å². The van der Waals surface area contributed by atoms with Crippen LogP contribution in [0.1, 0.15) is 22.0 Å². The summed E-state index contributed by atoms with van der Waals surface area (Å²) in [6, 6.07) is 11.6. The lowest BCUT2D eigenvalue weighted by molar-refractivity contribution is -0.137. The lowest BCUT2D eigenvalue weighted by Gasteiger charge is -2.33. The molecule has 11 heteroatoms. The van der Waals surface area contributed by atoms with E-state index in [1.165, 1.54) is 12.1 Å². The molecule has 1 aliphatic heterocycles. The fourth-order valence-electron chi connectivity index (χ4n) is 3.85. The predicted molar refractivity (Wildman–Crippen MR) is 117 cm³/mol. The first kappa shape index (κ1) is 22.4. The van der Waals surface area contributed by atoms with Crippen LogP contribution >= 0.6 is 11.6 Å².